The molecule has 0 aromatic heterocycles. The summed E-state index contributed by atoms with van der Waals surface area (Å²) < 4.78 is 10.9. The Kier molecular flexibility index (Phi) is 8.97. The van der Waals surface area contributed by atoms with E-state index in [1.807, 2.05) is 30.3 Å². The number of benzene rings is 2. The number of nitriles is 1. The monoisotopic (exact) mass is 411 g/mol. The maximum Gasteiger partial charge on any atom is 0.137 e. The van der Waals surface area contributed by atoms with Crippen LogP contribution in [-0.2, 0) is 6.42 Å². The van der Waals surface area contributed by atoms with Crippen LogP contribution in [0.4, 0.5) is 5.69 Å². The van der Waals surface area contributed by atoms with Gasteiger partial charge in [0.15, 0.2) is 0 Å². The molecule has 0 radical (unpaired) electrons. The highest BCUT2D eigenvalue weighted by atomic mass is 16.5. The summed E-state index contributed by atoms with van der Waals surface area (Å²) in [5, 5.41) is 26.4. The van der Waals surface area contributed by atoms with Crippen LogP contribution in [0.3, 0.4) is 0 Å². The molecule has 0 bridgehead atoms. The maximum absolute atomic E-state index is 10.3. The minimum absolute atomic E-state index is 0.113. The minimum atomic E-state index is -0.690. The molecular weight excluding hydrogens is 378 g/mol. The number of β-amino-alcohol motifs (C(OH)–C–C–N with tert-alkyl or cyclic N) is 1. The fourth-order valence-electron chi connectivity index (χ4n) is 3.08. The molecule has 1 atom stereocenters. The number of nitrogens with one attached hydrogen (secondary N) is 2. The van der Waals surface area contributed by atoms with E-state index in [1.54, 1.807) is 19.2 Å². The van der Waals surface area contributed by atoms with Crippen molar-refractivity contribution in [3.63, 3.8) is 0 Å². The van der Waals surface area contributed by atoms with Crippen LogP contribution in [0.15, 0.2) is 42.5 Å². The van der Waals surface area contributed by atoms with Crippen LogP contribution in [0.25, 0.3) is 0 Å². The highest BCUT2D eigenvalue weighted by Crippen LogP contribution is 2.22. The molecule has 0 saturated carbocycles. The molecule has 0 aliphatic heterocycles. The lowest BCUT2D eigenvalue weighted by molar-refractivity contribution is 0.0987. The van der Waals surface area contributed by atoms with Gasteiger partial charge in [0.2, 0.25) is 0 Å². The molecule has 0 saturated heterocycles. The van der Waals surface area contributed by atoms with E-state index in [0.717, 1.165) is 30.8 Å². The van der Waals surface area contributed by atoms with Crippen molar-refractivity contribution in [2.45, 2.75) is 45.3 Å². The average Bonchev–Trinajstić information content (AvgIpc) is 2.75. The Hall–Kier alpha value is -2.75. The molecule has 0 fully saturated rings. The average molecular weight is 412 g/mol. The van der Waals surface area contributed by atoms with Gasteiger partial charge in [0.1, 0.15) is 30.3 Å². The number of ether oxygens (including phenoxy) is 2. The van der Waals surface area contributed by atoms with Gasteiger partial charge < -0.3 is 25.2 Å². The highest BCUT2D eigenvalue weighted by molar-refractivity contribution is 5.55. The van der Waals surface area contributed by atoms with E-state index in [1.165, 1.54) is 5.56 Å². The summed E-state index contributed by atoms with van der Waals surface area (Å²) in [4.78, 5) is 0. The predicted octanol–water partition coefficient (Wildman–Crippen LogP) is 3.74. The van der Waals surface area contributed by atoms with Crippen LogP contribution in [0.5, 0.6) is 11.5 Å². The zero-order valence-electron chi connectivity index (χ0n) is 18.4. The van der Waals surface area contributed by atoms with E-state index in [0.29, 0.717) is 17.9 Å². The van der Waals surface area contributed by atoms with Crippen molar-refractivity contribution in [3.05, 3.63) is 53.6 Å². The quantitative estimate of drug-likeness (QED) is 0.493. The van der Waals surface area contributed by atoms with Crippen molar-refractivity contribution in [3.8, 4) is 17.6 Å². The number of methoxy groups -OCH3 is 1. The van der Waals surface area contributed by atoms with E-state index in [4.69, 9.17) is 9.47 Å². The van der Waals surface area contributed by atoms with Gasteiger partial charge in [-0.1, -0.05) is 19.1 Å². The SMILES string of the molecule is CCCNc1ccc(OC[C@H](O)CNC(C)(C)Cc2ccc(OC)cc2)c(C#N)c1. The second kappa shape index (κ2) is 11.4. The molecule has 0 unspecified atom stereocenters. The van der Waals surface area contributed by atoms with Crippen LogP contribution >= 0.6 is 0 Å². The van der Waals surface area contributed by atoms with Crippen LogP contribution in [-0.4, -0.2) is 43.6 Å². The molecule has 162 valence electrons. The lowest BCUT2D eigenvalue weighted by Gasteiger charge is -2.28. The standard InChI is InChI=1S/C24H33N3O3/c1-5-12-26-20-8-11-23(19(13-20)15-25)30-17-21(28)16-27-24(2,3)14-18-6-9-22(29-4)10-7-18/h6-11,13,21,26-28H,5,12,14,16-17H2,1-4H3/t21-/m1/s1. The Morgan fingerprint density at radius 3 is 2.53 bits per heavy atom. The molecule has 30 heavy (non-hydrogen) atoms. The number of aliphatic hydroxyl groups is 1. The Morgan fingerprint density at radius 1 is 1.17 bits per heavy atom. The van der Waals surface area contributed by atoms with Crippen molar-refractivity contribution in [2.75, 3.05) is 32.1 Å². The van der Waals surface area contributed by atoms with E-state index >= 15 is 0 Å². The van der Waals surface area contributed by atoms with Gasteiger partial charge in [-0.25, -0.2) is 0 Å². The third-order valence-corrected chi connectivity index (χ3v) is 4.73. The minimum Gasteiger partial charge on any atom is -0.497 e. The molecule has 2 rings (SSSR count). The largest absolute Gasteiger partial charge is 0.497 e. The van der Waals surface area contributed by atoms with E-state index in [-0.39, 0.29) is 12.1 Å². The van der Waals surface area contributed by atoms with Gasteiger partial charge in [0.05, 0.1) is 12.7 Å². The second-order valence-corrected chi connectivity index (χ2v) is 8.00. The first-order valence-corrected chi connectivity index (χ1v) is 10.3. The van der Waals surface area contributed by atoms with Gasteiger partial charge in [-0.15, -0.1) is 0 Å². The van der Waals surface area contributed by atoms with Gasteiger partial charge in [-0.2, -0.15) is 5.26 Å². The zero-order valence-corrected chi connectivity index (χ0v) is 18.4. The first kappa shape index (κ1) is 23.5. The topological polar surface area (TPSA) is 86.5 Å². The van der Waals surface area contributed by atoms with Crippen molar-refractivity contribution in [1.82, 2.24) is 5.32 Å². The summed E-state index contributed by atoms with van der Waals surface area (Å²) in [6, 6.07) is 15.6. The molecule has 2 aromatic carbocycles. The first-order chi connectivity index (χ1) is 14.4. The molecule has 3 N–H and O–H groups in total. The molecule has 0 aliphatic rings. The Morgan fingerprint density at radius 2 is 1.90 bits per heavy atom. The summed E-state index contributed by atoms with van der Waals surface area (Å²) in [6.45, 7) is 7.63. The summed E-state index contributed by atoms with van der Waals surface area (Å²) >= 11 is 0. The van der Waals surface area contributed by atoms with Crippen molar-refractivity contribution < 1.29 is 14.6 Å². The van der Waals surface area contributed by atoms with Crippen LogP contribution < -0.4 is 20.1 Å². The Balaban J connectivity index is 1.83. The van der Waals surface area contributed by atoms with Gasteiger partial charge in [0.25, 0.3) is 0 Å². The van der Waals surface area contributed by atoms with Crippen LogP contribution in [0.1, 0.15) is 38.3 Å². The summed E-state index contributed by atoms with van der Waals surface area (Å²) in [5.41, 5.74) is 2.34. The first-order valence-electron chi connectivity index (χ1n) is 10.3. The lowest BCUT2D eigenvalue weighted by atomic mass is 9.94. The maximum atomic E-state index is 10.3. The molecule has 0 spiro atoms. The van der Waals surface area contributed by atoms with Crippen molar-refractivity contribution in [2.24, 2.45) is 0 Å². The lowest BCUT2D eigenvalue weighted by Crippen LogP contribution is -2.46. The molecule has 0 aliphatic carbocycles. The number of rotatable bonds is 12. The third kappa shape index (κ3) is 7.58. The van der Waals surface area contributed by atoms with Crippen LogP contribution in [0, 0.1) is 11.3 Å². The number of nitrogens with zero attached hydrogens (tertiary/aromatic N) is 1. The third-order valence-electron chi connectivity index (χ3n) is 4.73. The number of hydrogen-bond acceptors (Lipinski definition) is 6. The number of aliphatic hydroxyl groups excluding tert-OH is 1. The molecule has 0 heterocycles. The van der Waals surface area contributed by atoms with Gasteiger partial charge in [-0.05, 0) is 62.6 Å². The van der Waals surface area contributed by atoms with E-state index < -0.39 is 6.10 Å². The summed E-state index contributed by atoms with van der Waals surface area (Å²) in [7, 11) is 1.65. The fraction of sp³-hybridized carbons (Fsp3) is 0.458. The smallest absolute Gasteiger partial charge is 0.137 e. The molecular formula is C24H33N3O3. The molecule has 6 heteroatoms. The van der Waals surface area contributed by atoms with Crippen LogP contribution in [0.2, 0.25) is 0 Å². The number of hydrogen-bond donors (Lipinski definition) is 3. The fourth-order valence-corrected chi connectivity index (χ4v) is 3.08. The second-order valence-electron chi connectivity index (χ2n) is 8.00. The normalized spacial score (nSPS) is 12.1. The Labute approximate surface area is 179 Å². The summed E-state index contributed by atoms with van der Waals surface area (Å²) in [5.74, 6) is 1.32. The van der Waals surface area contributed by atoms with E-state index in [9.17, 15) is 10.4 Å². The number of anilines is 1. The zero-order chi connectivity index (χ0) is 22.0. The van der Waals surface area contributed by atoms with E-state index in [2.05, 4.69) is 37.5 Å². The van der Waals surface area contributed by atoms with Gasteiger partial charge in [-0.3, -0.25) is 0 Å². The summed E-state index contributed by atoms with van der Waals surface area (Å²) in [6.07, 6.45) is 1.13. The molecule has 2 aromatic rings. The van der Waals surface area contributed by atoms with Crippen molar-refractivity contribution in [1.29, 1.82) is 5.26 Å². The Bertz CT molecular complexity index is 829. The molecule has 6 nitrogen and oxygen atoms in total. The molecule has 0 amide bonds. The van der Waals surface area contributed by atoms with Gasteiger partial charge in [0, 0.05) is 24.3 Å². The van der Waals surface area contributed by atoms with Crippen molar-refractivity contribution >= 4 is 5.69 Å². The predicted molar refractivity (Wildman–Crippen MR) is 120 cm³/mol. The highest BCUT2D eigenvalue weighted by Gasteiger charge is 2.20. The van der Waals surface area contributed by atoms with Gasteiger partial charge >= 0.3 is 0 Å².